The highest BCUT2D eigenvalue weighted by Gasteiger charge is 2.30. The Morgan fingerprint density at radius 3 is 2.63 bits per heavy atom. The second kappa shape index (κ2) is 7.56. The van der Waals surface area contributed by atoms with Crippen LogP contribution in [0.15, 0.2) is 24.3 Å². The van der Waals surface area contributed by atoms with Crippen molar-refractivity contribution in [1.29, 1.82) is 0 Å². The molecule has 2 N–H and O–H groups in total. The monoisotopic (exact) mass is 412 g/mol. The van der Waals surface area contributed by atoms with E-state index in [0.29, 0.717) is 28.7 Å². The predicted molar refractivity (Wildman–Crippen MR) is 104 cm³/mol. The summed E-state index contributed by atoms with van der Waals surface area (Å²) in [6.45, 7) is 6.09. The molecule has 1 aliphatic rings. The molecule has 7 heteroatoms. The van der Waals surface area contributed by atoms with E-state index >= 15 is 0 Å². The number of halogens is 2. The van der Waals surface area contributed by atoms with Gasteiger partial charge in [0.05, 0.1) is 0 Å². The molecule has 3 rings (SSSR count). The fraction of sp³-hybridized carbons (Fsp3) is 0.400. The second-order valence-corrected chi connectivity index (χ2v) is 9.39. The number of fused-ring (bicyclic) bond motifs is 1. The third kappa shape index (κ3) is 4.38. The van der Waals surface area contributed by atoms with Crippen LogP contribution < -0.4 is 4.74 Å². The topological polar surface area (TPSA) is 66.8 Å². The van der Waals surface area contributed by atoms with Gasteiger partial charge in [-0.15, -0.1) is 0 Å². The first-order valence-corrected chi connectivity index (χ1v) is 11.0. The van der Waals surface area contributed by atoms with Crippen molar-refractivity contribution in [3.8, 4) is 5.75 Å². The highest BCUT2D eigenvalue weighted by Crippen LogP contribution is 2.46. The van der Waals surface area contributed by atoms with Crippen LogP contribution in [0, 0.1) is 12.7 Å². The van der Waals surface area contributed by atoms with Crippen LogP contribution in [0.1, 0.15) is 59.9 Å². The Bertz CT molecular complexity index is 923. The molecule has 0 bridgehead atoms. The minimum Gasteiger partial charge on any atom is -0.481 e. The van der Waals surface area contributed by atoms with Gasteiger partial charge in [-0.25, -0.2) is 4.39 Å². The number of benzene rings is 2. The molecule has 0 fully saturated rings. The average Bonchev–Trinajstić information content (AvgIpc) is 2.96. The molecular weight excluding hydrogens is 390 g/mol. The Morgan fingerprint density at radius 2 is 2.00 bits per heavy atom. The number of hydrogen-bond donors (Lipinski definition) is 2. The zero-order chi connectivity index (χ0) is 19.9. The molecule has 4 nitrogen and oxygen atoms in total. The minimum atomic E-state index is -4.27. The Hall–Kier alpha value is -1.39. The fourth-order valence-electron chi connectivity index (χ4n) is 3.84. The lowest BCUT2D eigenvalue weighted by atomic mass is 9.87. The number of hydrogen-bond acceptors (Lipinski definition) is 2. The maximum atomic E-state index is 14.7. The number of aryl methyl sites for hydroxylation is 2. The molecule has 1 aliphatic carbocycles. The zero-order valence-electron chi connectivity index (χ0n) is 15.5. The molecule has 1 atom stereocenters. The summed E-state index contributed by atoms with van der Waals surface area (Å²) in [6, 6.07) is 6.83. The molecule has 0 aliphatic heterocycles. The van der Waals surface area contributed by atoms with Crippen molar-refractivity contribution in [1.82, 2.24) is 0 Å². The number of rotatable bonds is 5. The smallest absolute Gasteiger partial charge is 0.362 e. The molecule has 2 aromatic rings. The third-order valence-electron chi connectivity index (χ3n) is 5.02. The van der Waals surface area contributed by atoms with Crippen LogP contribution in [0.2, 0.25) is 5.02 Å². The Morgan fingerprint density at radius 1 is 1.30 bits per heavy atom. The SMILES string of the molecule is Cc1cc(F)c(C2CCc3cc(OCP(=O)(O)O)cc(Cl)c32)cc1C(C)C. The summed E-state index contributed by atoms with van der Waals surface area (Å²) in [5.74, 6) is 0.244. The standard InChI is InChI=1S/C20H23ClFO4P/c1-11(2)16-9-17(19(22)6-12(16)3)15-5-4-13-7-14(8-18(21)20(13)15)26-10-27(23,24)25/h6-9,11,15H,4-5,10H2,1-3H3,(H2,23,24,25). The molecule has 0 spiro atoms. The summed E-state index contributed by atoms with van der Waals surface area (Å²) in [7, 11) is -4.27. The molecule has 0 aromatic heterocycles. The Labute approximate surface area is 163 Å². The van der Waals surface area contributed by atoms with Crippen molar-refractivity contribution >= 4 is 19.2 Å². The van der Waals surface area contributed by atoms with Crippen LogP contribution in [0.25, 0.3) is 0 Å². The van der Waals surface area contributed by atoms with Gasteiger partial charge in [0.25, 0.3) is 0 Å². The maximum Gasteiger partial charge on any atom is 0.362 e. The van der Waals surface area contributed by atoms with Crippen molar-refractivity contribution < 1.29 is 23.5 Å². The Kier molecular flexibility index (Phi) is 5.69. The van der Waals surface area contributed by atoms with E-state index in [1.165, 1.54) is 0 Å². The van der Waals surface area contributed by atoms with Crippen molar-refractivity contribution in [2.24, 2.45) is 0 Å². The molecule has 0 radical (unpaired) electrons. The summed E-state index contributed by atoms with van der Waals surface area (Å²) < 4.78 is 30.9. The maximum absolute atomic E-state index is 14.7. The van der Waals surface area contributed by atoms with Gasteiger partial charge in [-0.05, 0) is 71.7 Å². The van der Waals surface area contributed by atoms with Gasteiger partial charge in [0.15, 0.2) is 6.35 Å². The van der Waals surface area contributed by atoms with Crippen molar-refractivity contribution in [3.05, 3.63) is 62.9 Å². The van der Waals surface area contributed by atoms with Crippen molar-refractivity contribution in [2.75, 3.05) is 6.35 Å². The number of ether oxygens (including phenoxy) is 1. The van der Waals surface area contributed by atoms with Crippen LogP contribution in [0.3, 0.4) is 0 Å². The zero-order valence-corrected chi connectivity index (χ0v) is 17.1. The van der Waals surface area contributed by atoms with E-state index in [2.05, 4.69) is 13.8 Å². The lowest BCUT2D eigenvalue weighted by Gasteiger charge is -2.19. The van der Waals surface area contributed by atoms with Gasteiger partial charge in [-0.1, -0.05) is 31.5 Å². The van der Waals surface area contributed by atoms with E-state index in [9.17, 15) is 8.96 Å². The van der Waals surface area contributed by atoms with Crippen LogP contribution in [-0.4, -0.2) is 16.1 Å². The summed E-state index contributed by atoms with van der Waals surface area (Å²) in [6.07, 6.45) is 0.738. The van der Waals surface area contributed by atoms with Crippen molar-refractivity contribution in [2.45, 2.75) is 45.4 Å². The van der Waals surface area contributed by atoms with Gasteiger partial charge in [0.2, 0.25) is 0 Å². The average molecular weight is 413 g/mol. The molecule has 2 aromatic carbocycles. The molecule has 1 unspecified atom stereocenters. The fourth-order valence-corrected chi connectivity index (χ4v) is 4.52. The van der Waals surface area contributed by atoms with Crippen molar-refractivity contribution in [3.63, 3.8) is 0 Å². The Balaban J connectivity index is 1.98. The molecule has 27 heavy (non-hydrogen) atoms. The lowest BCUT2D eigenvalue weighted by Crippen LogP contribution is -2.05. The second-order valence-electron chi connectivity index (χ2n) is 7.39. The van der Waals surface area contributed by atoms with Gasteiger partial charge < -0.3 is 14.5 Å². The van der Waals surface area contributed by atoms with Gasteiger partial charge in [0.1, 0.15) is 11.6 Å². The molecular formula is C20H23ClFO4P. The van der Waals surface area contributed by atoms with Gasteiger partial charge in [-0.2, -0.15) is 0 Å². The summed E-state index contributed by atoms with van der Waals surface area (Å²) >= 11 is 6.46. The highest BCUT2D eigenvalue weighted by atomic mass is 35.5. The van der Waals surface area contributed by atoms with E-state index in [4.69, 9.17) is 26.1 Å². The molecule has 0 saturated carbocycles. The van der Waals surface area contributed by atoms with Crippen LogP contribution in [0.5, 0.6) is 5.75 Å². The molecule has 0 heterocycles. The lowest BCUT2D eigenvalue weighted by molar-refractivity contribution is 0.300. The highest BCUT2D eigenvalue weighted by molar-refractivity contribution is 7.51. The van der Waals surface area contributed by atoms with Crippen LogP contribution in [0.4, 0.5) is 4.39 Å². The van der Waals surface area contributed by atoms with E-state index in [-0.39, 0.29) is 11.7 Å². The normalized spacial score (nSPS) is 16.7. The van der Waals surface area contributed by atoms with E-state index in [1.807, 2.05) is 13.0 Å². The molecule has 146 valence electrons. The van der Waals surface area contributed by atoms with Crippen LogP contribution >= 0.6 is 19.2 Å². The first-order valence-electron chi connectivity index (χ1n) is 8.86. The summed E-state index contributed by atoms with van der Waals surface area (Å²) in [4.78, 5) is 17.9. The summed E-state index contributed by atoms with van der Waals surface area (Å²) in [5, 5.41) is 0.432. The quantitative estimate of drug-likeness (QED) is 0.636. The van der Waals surface area contributed by atoms with E-state index < -0.39 is 13.9 Å². The van der Waals surface area contributed by atoms with Gasteiger partial charge >= 0.3 is 7.60 Å². The third-order valence-corrected chi connectivity index (χ3v) is 5.80. The largest absolute Gasteiger partial charge is 0.481 e. The predicted octanol–water partition coefficient (Wildman–Crippen LogP) is 5.50. The van der Waals surface area contributed by atoms with Gasteiger partial charge in [-0.3, -0.25) is 4.57 Å². The minimum absolute atomic E-state index is 0.138. The molecule has 0 amide bonds. The van der Waals surface area contributed by atoms with E-state index in [0.717, 1.165) is 28.7 Å². The first kappa shape index (κ1) is 20.3. The van der Waals surface area contributed by atoms with Crippen LogP contribution in [-0.2, 0) is 11.0 Å². The van der Waals surface area contributed by atoms with Gasteiger partial charge in [0, 0.05) is 10.9 Å². The van der Waals surface area contributed by atoms with E-state index in [1.54, 1.807) is 18.2 Å². The molecule has 0 saturated heterocycles. The summed E-state index contributed by atoms with van der Waals surface area (Å²) in [5.41, 5.74) is 4.51. The first-order chi connectivity index (χ1) is 12.6.